The van der Waals surface area contributed by atoms with E-state index in [2.05, 4.69) is 0 Å². The topological polar surface area (TPSA) is 105 Å². The van der Waals surface area contributed by atoms with Gasteiger partial charge in [-0.3, -0.25) is 14.9 Å². The summed E-state index contributed by atoms with van der Waals surface area (Å²) in [6.45, 7) is 0. The summed E-state index contributed by atoms with van der Waals surface area (Å²) < 4.78 is 16.1. The fourth-order valence-electron chi connectivity index (χ4n) is 2.97. The van der Waals surface area contributed by atoms with E-state index >= 15 is 0 Å². The van der Waals surface area contributed by atoms with Crippen molar-refractivity contribution < 1.29 is 28.7 Å². The first-order valence-electron chi connectivity index (χ1n) is 9.13. The van der Waals surface area contributed by atoms with E-state index in [-0.39, 0.29) is 28.7 Å². The minimum atomic E-state index is -0.562. The zero-order valence-corrected chi connectivity index (χ0v) is 16.2. The second-order valence-corrected chi connectivity index (χ2v) is 6.56. The number of esters is 1. The second kappa shape index (κ2) is 8.11. The van der Waals surface area contributed by atoms with Gasteiger partial charge in [0.05, 0.1) is 23.2 Å². The van der Waals surface area contributed by atoms with E-state index < -0.39 is 10.9 Å². The smallest absolute Gasteiger partial charge is 0.343 e. The molecule has 0 spiro atoms. The Morgan fingerprint density at radius 2 is 1.68 bits per heavy atom. The Bertz CT molecular complexity index is 1210. The average Bonchev–Trinajstić information content (AvgIpc) is 3.08. The molecule has 1 aliphatic rings. The van der Waals surface area contributed by atoms with Crippen molar-refractivity contribution in [3.8, 4) is 17.2 Å². The monoisotopic (exact) mass is 417 g/mol. The van der Waals surface area contributed by atoms with Gasteiger partial charge in [0, 0.05) is 18.2 Å². The maximum absolute atomic E-state index is 12.6. The lowest BCUT2D eigenvalue weighted by atomic mass is 10.1. The third-order valence-corrected chi connectivity index (χ3v) is 4.58. The van der Waals surface area contributed by atoms with Crippen LogP contribution in [0.1, 0.15) is 26.3 Å². The summed E-state index contributed by atoms with van der Waals surface area (Å²) in [4.78, 5) is 35.2. The predicted molar refractivity (Wildman–Crippen MR) is 110 cm³/mol. The SMILES string of the molecule is COc1ccc(C(=O)Oc2ccc3c(c2)O/C(=C\c2ccc([N+](=O)[O-])cc2)C3=O)cc1. The maximum atomic E-state index is 12.6. The number of ketones is 1. The Hall–Kier alpha value is -4.46. The molecule has 31 heavy (non-hydrogen) atoms. The number of ether oxygens (including phenoxy) is 3. The van der Waals surface area contributed by atoms with Gasteiger partial charge in [-0.25, -0.2) is 4.79 Å². The molecule has 0 N–H and O–H groups in total. The molecule has 154 valence electrons. The molecule has 0 saturated carbocycles. The lowest BCUT2D eigenvalue weighted by molar-refractivity contribution is -0.384. The molecule has 0 unspecified atom stereocenters. The van der Waals surface area contributed by atoms with Crippen molar-refractivity contribution in [3.63, 3.8) is 0 Å². The van der Waals surface area contributed by atoms with Gasteiger partial charge in [0.25, 0.3) is 5.69 Å². The third-order valence-electron chi connectivity index (χ3n) is 4.58. The van der Waals surface area contributed by atoms with Crippen molar-refractivity contribution in [3.05, 3.63) is 99.3 Å². The standard InChI is InChI=1S/C23H15NO7/c1-29-17-8-4-15(5-9-17)23(26)30-18-10-11-19-20(13-18)31-21(22(19)25)12-14-2-6-16(7-3-14)24(27)28/h2-13H,1H3/b21-12-. The van der Waals surface area contributed by atoms with Crippen LogP contribution in [0.15, 0.2) is 72.5 Å². The molecule has 8 heteroatoms. The van der Waals surface area contributed by atoms with Crippen LogP contribution in [-0.4, -0.2) is 23.8 Å². The molecule has 0 atom stereocenters. The van der Waals surface area contributed by atoms with E-state index in [1.54, 1.807) is 24.3 Å². The molecule has 0 radical (unpaired) electrons. The summed E-state index contributed by atoms with van der Waals surface area (Å²) in [5.41, 5.74) is 1.20. The largest absolute Gasteiger partial charge is 0.497 e. The Morgan fingerprint density at radius 1 is 1.00 bits per heavy atom. The van der Waals surface area contributed by atoms with Crippen molar-refractivity contribution in [2.75, 3.05) is 7.11 Å². The number of carbonyl (C=O) groups excluding carboxylic acids is 2. The van der Waals surface area contributed by atoms with Crippen LogP contribution in [-0.2, 0) is 0 Å². The van der Waals surface area contributed by atoms with Gasteiger partial charge < -0.3 is 14.2 Å². The number of hydrogen-bond donors (Lipinski definition) is 0. The summed E-state index contributed by atoms with van der Waals surface area (Å²) in [6.07, 6.45) is 1.50. The van der Waals surface area contributed by atoms with Crippen LogP contribution in [0.2, 0.25) is 0 Å². The van der Waals surface area contributed by atoms with Gasteiger partial charge in [0.15, 0.2) is 5.76 Å². The number of benzene rings is 3. The number of methoxy groups -OCH3 is 1. The van der Waals surface area contributed by atoms with E-state index in [0.29, 0.717) is 22.4 Å². The van der Waals surface area contributed by atoms with Crippen LogP contribution in [0, 0.1) is 10.1 Å². The molecule has 0 fully saturated rings. The van der Waals surface area contributed by atoms with Crippen LogP contribution < -0.4 is 14.2 Å². The van der Waals surface area contributed by atoms with Crippen LogP contribution >= 0.6 is 0 Å². The number of nitro groups is 1. The minimum Gasteiger partial charge on any atom is -0.497 e. The summed E-state index contributed by atoms with van der Waals surface area (Å²) >= 11 is 0. The zero-order chi connectivity index (χ0) is 22.0. The quantitative estimate of drug-likeness (QED) is 0.199. The summed E-state index contributed by atoms with van der Waals surface area (Å²) in [6, 6.07) is 16.7. The third kappa shape index (κ3) is 4.13. The highest BCUT2D eigenvalue weighted by atomic mass is 16.6. The van der Waals surface area contributed by atoms with E-state index in [9.17, 15) is 19.7 Å². The first-order valence-corrected chi connectivity index (χ1v) is 9.13. The first-order chi connectivity index (χ1) is 14.9. The number of non-ortho nitro benzene ring substituents is 1. The Kier molecular flexibility index (Phi) is 5.19. The molecule has 0 aromatic heterocycles. The van der Waals surface area contributed by atoms with Gasteiger partial charge in [0.2, 0.25) is 5.78 Å². The van der Waals surface area contributed by atoms with Crippen LogP contribution in [0.4, 0.5) is 5.69 Å². The molecule has 0 amide bonds. The Labute approximate surface area is 176 Å². The van der Waals surface area contributed by atoms with Gasteiger partial charge in [-0.15, -0.1) is 0 Å². The van der Waals surface area contributed by atoms with E-state index in [1.807, 2.05) is 0 Å². The van der Waals surface area contributed by atoms with Gasteiger partial charge in [-0.05, 0) is 60.2 Å². The van der Waals surface area contributed by atoms with E-state index in [1.165, 1.54) is 55.7 Å². The fourth-order valence-corrected chi connectivity index (χ4v) is 2.97. The number of allylic oxidation sites excluding steroid dienone is 1. The molecule has 0 bridgehead atoms. The maximum Gasteiger partial charge on any atom is 0.343 e. The molecule has 1 aliphatic heterocycles. The van der Waals surface area contributed by atoms with Gasteiger partial charge in [-0.1, -0.05) is 0 Å². The molecule has 1 heterocycles. The van der Waals surface area contributed by atoms with Crippen molar-refractivity contribution in [2.45, 2.75) is 0 Å². The van der Waals surface area contributed by atoms with Gasteiger partial charge in [-0.2, -0.15) is 0 Å². The molecule has 0 saturated heterocycles. The van der Waals surface area contributed by atoms with E-state index in [0.717, 1.165) is 0 Å². The molecule has 4 rings (SSSR count). The number of nitrogens with zero attached hydrogens (tertiary/aromatic N) is 1. The first kappa shape index (κ1) is 19.8. The van der Waals surface area contributed by atoms with Gasteiger partial charge >= 0.3 is 5.97 Å². The predicted octanol–water partition coefficient (Wildman–Crippen LogP) is 4.44. The van der Waals surface area contributed by atoms with Gasteiger partial charge in [0.1, 0.15) is 17.2 Å². The van der Waals surface area contributed by atoms with Crippen LogP contribution in [0.5, 0.6) is 17.2 Å². The molecular formula is C23H15NO7. The lowest BCUT2D eigenvalue weighted by Crippen LogP contribution is -2.08. The van der Waals surface area contributed by atoms with Crippen molar-refractivity contribution >= 4 is 23.5 Å². The van der Waals surface area contributed by atoms with Crippen molar-refractivity contribution in [1.82, 2.24) is 0 Å². The van der Waals surface area contributed by atoms with Crippen molar-refractivity contribution in [1.29, 1.82) is 0 Å². The highest BCUT2D eigenvalue weighted by Gasteiger charge is 2.28. The minimum absolute atomic E-state index is 0.0487. The summed E-state index contributed by atoms with van der Waals surface area (Å²) in [7, 11) is 1.53. The molecule has 8 nitrogen and oxygen atoms in total. The fraction of sp³-hybridized carbons (Fsp3) is 0.0435. The second-order valence-electron chi connectivity index (χ2n) is 6.56. The zero-order valence-electron chi connectivity index (χ0n) is 16.2. The van der Waals surface area contributed by atoms with Crippen molar-refractivity contribution in [2.24, 2.45) is 0 Å². The Morgan fingerprint density at radius 3 is 2.32 bits per heavy atom. The van der Waals surface area contributed by atoms with Crippen LogP contribution in [0.25, 0.3) is 6.08 Å². The number of rotatable bonds is 5. The number of Topliss-reactive ketones (excluding diaryl/α,β-unsaturated/α-hetero) is 1. The average molecular weight is 417 g/mol. The Balaban J connectivity index is 1.51. The molecule has 3 aromatic rings. The number of fused-ring (bicyclic) bond motifs is 1. The van der Waals surface area contributed by atoms with E-state index in [4.69, 9.17) is 14.2 Å². The highest BCUT2D eigenvalue weighted by Crippen LogP contribution is 2.35. The highest BCUT2D eigenvalue weighted by molar-refractivity contribution is 6.14. The summed E-state index contributed by atoms with van der Waals surface area (Å²) in [5, 5.41) is 10.8. The summed E-state index contributed by atoms with van der Waals surface area (Å²) in [5.74, 6) is 0.285. The number of carbonyl (C=O) groups is 2. The normalized spacial score (nSPS) is 13.5. The molecule has 3 aromatic carbocycles. The number of hydrogen-bond acceptors (Lipinski definition) is 7. The lowest BCUT2D eigenvalue weighted by Gasteiger charge is -2.06. The molecule has 0 aliphatic carbocycles. The van der Waals surface area contributed by atoms with Crippen LogP contribution in [0.3, 0.4) is 0 Å². The molecular weight excluding hydrogens is 402 g/mol. The number of nitro benzene ring substituents is 1.